The van der Waals surface area contributed by atoms with Crippen molar-refractivity contribution in [1.82, 2.24) is 4.90 Å². The van der Waals surface area contributed by atoms with Crippen molar-refractivity contribution in [3.63, 3.8) is 0 Å². The molecule has 1 aliphatic rings. The van der Waals surface area contributed by atoms with Crippen LogP contribution in [-0.4, -0.2) is 47.2 Å². The summed E-state index contributed by atoms with van der Waals surface area (Å²) < 4.78 is 5.30. The number of hydrogen-bond acceptors (Lipinski definition) is 3. The van der Waals surface area contributed by atoms with E-state index in [0.29, 0.717) is 24.4 Å². The Morgan fingerprint density at radius 1 is 1.33 bits per heavy atom. The largest absolute Gasteiger partial charge is 0.479 e. The lowest BCUT2D eigenvalue weighted by atomic mass is 10.1. The first kappa shape index (κ1) is 15.8. The topological polar surface area (TPSA) is 66.8 Å². The Morgan fingerprint density at radius 2 is 2.00 bits per heavy atom. The average Bonchev–Trinajstić information content (AvgIpc) is 2.45. The molecule has 0 saturated carbocycles. The van der Waals surface area contributed by atoms with Gasteiger partial charge in [0.15, 0.2) is 6.10 Å². The Kier molecular flexibility index (Phi) is 5.20. The van der Waals surface area contributed by atoms with E-state index in [1.165, 1.54) is 0 Å². The fourth-order valence-electron chi connectivity index (χ4n) is 2.35. The second-order valence-corrected chi connectivity index (χ2v) is 5.64. The first-order valence-electron chi connectivity index (χ1n) is 6.86. The number of carbonyl (C=O) groups excluding carboxylic acids is 1. The van der Waals surface area contributed by atoms with Crippen LogP contribution < -0.4 is 0 Å². The summed E-state index contributed by atoms with van der Waals surface area (Å²) in [4.78, 5) is 24.8. The molecule has 6 heteroatoms. The number of hydrogen-bond donors (Lipinski definition) is 1. The van der Waals surface area contributed by atoms with Gasteiger partial charge in [0.25, 0.3) is 0 Å². The zero-order valence-corrected chi connectivity index (χ0v) is 12.5. The highest BCUT2D eigenvalue weighted by Crippen LogP contribution is 2.15. The van der Waals surface area contributed by atoms with Crippen molar-refractivity contribution >= 4 is 23.5 Å². The standard InChI is InChI=1S/C15H18ClNO4/c1-10-8-17(9-13(21-10)15(19)20)14(18)7-4-11-2-5-12(16)6-3-11/h2-3,5-6,10,13H,4,7-9H2,1H3,(H,19,20)/t10-,13+/m1/s1. The summed E-state index contributed by atoms with van der Waals surface area (Å²) in [5, 5.41) is 9.68. The molecule has 2 atom stereocenters. The number of morpholine rings is 1. The van der Waals surface area contributed by atoms with Gasteiger partial charge < -0.3 is 14.7 Å². The van der Waals surface area contributed by atoms with Gasteiger partial charge in [0, 0.05) is 18.0 Å². The molecule has 2 rings (SSSR count). The molecule has 5 nitrogen and oxygen atoms in total. The van der Waals surface area contributed by atoms with E-state index in [1.54, 1.807) is 24.0 Å². The smallest absolute Gasteiger partial charge is 0.334 e. The summed E-state index contributed by atoms with van der Waals surface area (Å²) in [5.74, 6) is -1.08. The van der Waals surface area contributed by atoms with E-state index in [4.69, 9.17) is 21.4 Å². The minimum Gasteiger partial charge on any atom is -0.479 e. The lowest BCUT2D eigenvalue weighted by molar-refractivity contribution is -0.166. The number of aliphatic carboxylic acids is 1. The summed E-state index contributed by atoms with van der Waals surface area (Å²) in [6.07, 6.45) is -0.243. The van der Waals surface area contributed by atoms with Gasteiger partial charge in [0.1, 0.15) is 0 Å². The van der Waals surface area contributed by atoms with Crippen molar-refractivity contribution in [3.05, 3.63) is 34.9 Å². The van der Waals surface area contributed by atoms with Gasteiger partial charge in [-0.2, -0.15) is 0 Å². The van der Waals surface area contributed by atoms with Crippen molar-refractivity contribution in [2.75, 3.05) is 13.1 Å². The molecule has 1 saturated heterocycles. The maximum absolute atomic E-state index is 12.2. The number of carbonyl (C=O) groups is 2. The van der Waals surface area contributed by atoms with Crippen LogP contribution in [-0.2, 0) is 20.7 Å². The second kappa shape index (κ2) is 6.91. The molecule has 21 heavy (non-hydrogen) atoms. The Bertz CT molecular complexity index is 517. The molecule has 1 aromatic rings. The molecule has 1 N–H and O–H groups in total. The summed E-state index contributed by atoms with van der Waals surface area (Å²) in [7, 11) is 0. The number of nitrogens with zero attached hydrogens (tertiary/aromatic N) is 1. The molecule has 0 radical (unpaired) electrons. The van der Waals surface area contributed by atoms with Gasteiger partial charge >= 0.3 is 5.97 Å². The van der Waals surface area contributed by atoms with Gasteiger partial charge in [-0.25, -0.2) is 4.79 Å². The molecule has 1 fully saturated rings. The number of halogens is 1. The third-order valence-corrected chi connectivity index (χ3v) is 3.68. The van der Waals surface area contributed by atoms with Gasteiger partial charge in [-0.05, 0) is 31.0 Å². The van der Waals surface area contributed by atoms with E-state index in [-0.39, 0.29) is 18.6 Å². The lowest BCUT2D eigenvalue weighted by Crippen LogP contribution is -2.51. The van der Waals surface area contributed by atoms with Gasteiger partial charge in [-0.1, -0.05) is 23.7 Å². The number of ether oxygens (including phenoxy) is 1. The maximum atomic E-state index is 12.2. The molecule has 0 unspecified atom stereocenters. The van der Waals surface area contributed by atoms with E-state index in [9.17, 15) is 9.59 Å². The number of amides is 1. The summed E-state index contributed by atoms with van der Waals surface area (Å²) >= 11 is 5.81. The Labute approximate surface area is 128 Å². The monoisotopic (exact) mass is 311 g/mol. The van der Waals surface area contributed by atoms with E-state index >= 15 is 0 Å². The van der Waals surface area contributed by atoms with Crippen LogP contribution >= 0.6 is 11.6 Å². The van der Waals surface area contributed by atoms with Gasteiger partial charge in [-0.3, -0.25) is 4.79 Å². The van der Waals surface area contributed by atoms with E-state index in [2.05, 4.69) is 0 Å². The van der Waals surface area contributed by atoms with Gasteiger partial charge in [0.05, 0.1) is 12.6 Å². The molecule has 1 heterocycles. The Morgan fingerprint density at radius 3 is 2.62 bits per heavy atom. The van der Waals surface area contributed by atoms with Gasteiger partial charge in [0.2, 0.25) is 5.91 Å². The number of benzene rings is 1. The molecule has 0 spiro atoms. The maximum Gasteiger partial charge on any atom is 0.334 e. The van der Waals surface area contributed by atoms with Crippen LogP contribution in [0.2, 0.25) is 5.02 Å². The molecule has 0 bridgehead atoms. The van der Waals surface area contributed by atoms with Crippen LogP contribution in [0, 0.1) is 0 Å². The first-order chi connectivity index (χ1) is 9.95. The molecule has 1 aliphatic heterocycles. The minimum atomic E-state index is -1.03. The SMILES string of the molecule is C[C@@H]1CN(C(=O)CCc2ccc(Cl)cc2)C[C@@H](C(=O)O)O1. The zero-order valence-electron chi connectivity index (χ0n) is 11.8. The Hall–Kier alpha value is -1.59. The van der Waals surface area contributed by atoms with Crippen LogP contribution in [0.5, 0.6) is 0 Å². The number of aryl methyl sites for hydroxylation is 1. The predicted octanol–water partition coefficient (Wildman–Crippen LogP) is 1.97. The average molecular weight is 312 g/mol. The quantitative estimate of drug-likeness (QED) is 0.923. The number of carboxylic acids is 1. The third-order valence-electron chi connectivity index (χ3n) is 3.43. The highest BCUT2D eigenvalue weighted by atomic mass is 35.5. The van der Waals surface area contributed by atoms with Crippen molar-refractivity contribution in [3.8, 4) is 0 Å². The number of rotatable bonds is 4. The fraction of sp³-hybridized carbons (Fsp3) is 0.467. The third kappa shape index (κ3) is 4.44. The Balaban J connectivity index is 1.90. The molecule has 1 aromatic carbocycles. The predicted molar refractivity (Wildman–Crippen MR) is 78.3 cm³/mol. The van der Waals surface area contributed by atoms with Crippen LogP contribution in [0.3, 0.4) is 0 Å². The normalized spacial score (nSPS) is 22.1. The van der Waals surface area contributed by atoms with Crippen molar-refractivity contribution in [2.45, 2.75) is 32.0 Å². The second-order valence-electron chi connectivity index (χ2n) is 5.20. The minimum absolute atomic E-state index is 0.0497. The van der Waals surface area contributed by atoms with Crippen molar-refractivity contribution in [1.29, 1.82) is 0 Å². The van der Waals surface area contributed by atoms with Crippen LogP contribution in [0.4, 0.5) is 0 Å². The summed E-state index contributed by atoms with van der Waals surface area (Å²) in [6.45, 7) is 2.32. The van der Waals surface area contributed by atoms with Crippen molar-refractivity contribution in [2.24, 2.45) is 0 Å². The molecular weight excluding hydrogens is 294 g/mol. The lowest BCUT2D eigenvalue weighted by Gasteiger charge is -2.35. The molecule has 0 aliphatic carbocycles. The summed E-state index contributed by atoms with van der Waals surface area (Å²) in [6, 6.07) is 7.35. The summed E-state index contributed by atoms with van der Waals surface area (Å²) in [5.41, 5.74) is 1.03. The van der Waals surface area contributed by atoms with Crippen LogP contribution in [0.25, 0.3) is 0 Å². The first-order valence-corrected chi connectivity index (χ1v) is 7.24. The van der Waals surface area contributed by atoms with E-state index in [1.807, 2.05) is 12.1 Å². The van der Waals surface area contributed by atoms with Crippen molar-refractivity contribution < 1.29 is 19.4 Å². The number of carboxylic acid groups (broad SMARTS) is 1. The van der Waals surface area contributed by atoms with Crippen LogP contribution in [0.1, 0.15) is 18.9 Å². The van der Waals surface area contributed by atoms with E-state index < -0.39 is 12.1 Å². The highest BCUT2D eigenvalue weighted by Gasteiger charge is 2.32. The van der Waals surface area contributed by atoms with Gasteiger partial charge in [-0.15, -0.1) is 0 Å². The highest BCUT2D eigenvalue weighted by molar-refractivity contribution is 6.30. The molecule has 0 aromatic heterocycles. The molecule has 1 amide bonds. The van der Waals surface area contributed by atoms with E-state index in [0.717, 1.165) is 5.56 Å². The molecular formula is C15H18ClNO4. The van der Waals surface area contributed by atoms with Crippen LogP contribution in [0.15, 0.2) is 24.3 Å². The fourth-order valence-corrected chi connectivity index (χ4v) is 2.48. The molecule has 114 valence electrons. The zero-order chi connectivity index (χ0) is 15.4.